The van der Waals surface area contributed by atoms with Gasteiger partial charge in [0.15, 0.2) is 0 Å². The summed E-state index contributed by atoms with van der Waals surface area (Å²) in [6.07, 6.45) is 4.86. The molecule has 2 aromatic heterocycles. The number of hydrogen-bond donors (Lipinski definition) is 1. The highest BCUT2D eigenvalue weighted by Gasteiger charge is 2.18. The van der Waals surface area contributed by atoms with Gasteiger partial charge in [-0.05, 0) is 53.6 Å². The fourth-order valence-electron chi connectivity index (χ4n) is 3.93. The number of nitrogens with zero attached hydrogens (tertiary/aromatic N) is 3. The SMILES string of the molecule is O=C(N/N=C/c1cc(-c2ccccc2)n(-c2ccc(Br)cc2)c1-c1ccccc1)c1ccncc1. The summed E-state index contributed by atoms with van der Waals surface area (Å²) in [6, 6.07) is 34.0. The van der Waals surface area contributed by atoms with E-state index in [-0.39, 0.29) is 5.91 Å². The van der Waals surface area contributed by atoms with Crippen LogP contribution < -0.4 is 5.43 Å². The molecule has 0 atom stereocenters. The van der Waals surface area contributed by atoms with Crippen LogP contribution in [0.3, 0.4) is 0 Å². The van der Waals surface area contributed by atoms with Gasteiger partial charge in [-0.1, -0.05) is 76.6 Å². The number of hydrazone groups is 1. The Balaban J connectivity index is 1.65. The fourth-order valence-corrected chi connectivity index (χ4v) is 4.19. The topological polar surface area (TPSA) is 59.3 Å². The molecule has 0 aliphatic heterocycles. The monoisotopic (exact) mass is 520 g/mol. The molecule has 0 fully saturated rings. The Morgan fingerprint density at radius 1 is 0.829 bits per heavy atom. The molecule has 5 rings (SSSR count). The van der Waals surface area contributed by atoms with Crippen LogP contribution in [0.25, 0.3) is 28.2 Å². The highest BCUT2D eigenvalue weighted by atomic mass is 79.9. The molecule has 0 saturated heterocycles. The molecule has 170 valence electrons. The summed E-state index contributed by atoms with van der Waals surface area (Å²) in [4.78, 5) is 16.4. The number of carbonyl (C=O) groups is 1. The molecule has 35 heavy (non-hydrogen) atoms. The lowest BCUT2D eigenvalue weighted by Gasteiger charge is -2.15. The predicted octanol–water partition coefficient (Wildman–Crippen LogP) is 6.73. The quantitative estimate of drug-likeness (QED) is 0.199. The van der Waals surface area contributed by atoms with Gasteiger partial charge in [-0.25, -0.2) is 5.43 Å². The molecule has 0 aliphatic rings. The third-order valence-corrected chi connectivity index (χ3v) is 6.07. The fraction of sp³-hybridized carbons (Fsp3) is 0. The lowest BCUT2D eigenvalue weighted by atomic mass is 10.1. The van der Waals surface area contributed by atoms with Gasteiger partial charge >= 0.3 is 0 Å². The summed E-state index contributed by atoms with van der Waals surface area (Å²) in [5.41, 5.74) is 9.15. The van der Waals surface area contributed by atoms with Crippen molar-refractivity contribution in [2.24, 2.45) is 5.10 Å². The van der Waals surface area contributed by atoms with Crippen LogP contribution in [0.2, 0.25) is 0 Å². The van der Waals surface area contributed by atoms with Crippen molar-refractivity contribution in [1.82, 2.24) is 15.0 Å². The van der Waals surface area contributed by atoms with Gasteiger partial charge in [-0.15, -0.1) is 0 Å². The molecule has 0 bridgehead atoms. The number of amides is 1. The summed E-state index contributed by atoms with van der Waals surface area (Å²) in [7, 11) is 0. The van der Waals surface area contributed by atoms with E-state index in [0.717, 1.165) is 38.2 Å². The molecule has 1 amide bonds. The van der Waals surface area contributed by atoms with E-state index in [0.29, 0.717) is 5.56 Å². The van der Waals surface area contributed by atoms with Gasteiger partial charge in [-0.3, -0.25) is 9.78 Å². The van der Waals surface area contributed by atoms with Crippen molar-refractivity contribution in [3.8, 4) is 28.2 Å². The van der Waals surface area contributed by atoms with Crippen molar-refractivity contribution in [3.63, 3.8) is 0 Å². The van der Waals surface area contributed by atoms with E-state index in [1.54, 1.807) is 30.7 Å². The first-order chi connectivity index (χ1) is 17.2. The molecule has 3 aromatic carbocycles. The third kappa shape index (κ3) is 4.98. The zero-order valence-electron chi connectivity index (χ0n) is 18.7. The summed E-state index contributed by atoms with van der Waals surface area (Å²) >= 11 is 3.54. The third-order valence-electron chi connectivity index (χ3n) is 5.54. The largest absolute Gasteiger partial charge is 0.309 e. The van der Waals surface area contributed by atoms with Crippen molar-refractivity contribution in [3.05, 3.63) is 131 Å². The minimum absolute atomic E-state index is 0.291. The Labute approximate surface area is 211 Å². The van der Waals surface area contributed by atoms with Crippen LogP contribution in [0.15, 0.2) is 125 Å². The zero-order chi connectivity index (χ0) is 24.0. The van der Waals surface area contributed by atoms with E-state index in [1.165, 1.54) is 0 Å². The molecule has 5 aromatic rings. The molecule has 5 nitrogen and oxygen atoms in total. The van der Waals surface area contributed by atoms with Gasteiger partial charge in [-0.2, -0.15) is 5.10 Å². The lowest BCUT2D eigenvalue weighted by Crippen LogP contribution is -2.17. The number of halogens is 1. The minimum Gasteiger partial charge on any atom is -0.309 e. The van der Waals surface area contributed by atoms with E-state index in [2.05, 4.69) is 78.5 Å². The maximum absolute atomic E-state index is 12.5. The number of nitrogens with one attached hydrogen (secondary N) is 1. The summed E-state index contributed by atoms with van der Waals surface area (Å²) in [6.45, 7) is 0. The first kappa shape index (κ1) is 22.5. The molecule has 6 heteroatoms. The minimum atomic E-state index is -0.291. The number of pyridine rings is 1. The van der Waals surface area contributed by atoms with Crippen LogP contribution in [0, 0.1) is 0 Å². The predicted molar refractivity (Wildman–Crippen MR) is 144 cm³/mol. The van der Waals surface area contributed by atoms with Crippen molar-refractivity contribution in [2.45, 2.75) is 0 Å². The molecule has 0 saturated carbocycles. The summed E-state index contributed by atoms with van der Waals surface area (Å²) in [5.74, 6) is -0.291. The molecule has 0 spiro atoms. The highest BCUT2D eigenvalue weighted by molar-refractivity contribution is 9.10. The Kier molecular flexibility index (Phi) is 6.63. The molecule has 0 aliphatic carbocycles. The smallest absolute Gasteiger partial charge is 0.271 e. The second-order valence-corrected chi connectivity index (χ2v) is 8.73. The molecule has 0 unspecified atom stereocenters. The summed E-state index contributed by atoms with van der Waals surface area (Å²) in [5, 5.41) is 4.29. The molecule has 0 radical (unpaired) electrons. The molecule has 2 heterocycles. The van der Waals surface area contributed by atoms with E-state index in [4.69, 9.17) is 0 Å². The second kappa shape index (κ2) is 10.3. The van der Waals surface area contributed by atoms with E-state index in [9.17, 15) is 4.79 Å². The number of hydrogen-bond acceptors (Lipinski definition) is 3. The van der Waals surface area contributed by atoms with Crippen molar-refractivity contribution in [1.29, 1.82) is 0 Å². The number of rotatable bonds is 6. The number of benzene rings is 3. The average Bonchev–Trinajstić information content (AvgIpc) is 3.30. The van der Waals surface area contributed by atoms with Crippen LogP contribution in [-0.4, -0.2) is 21.7 Å². The second-order valence-electron chi connectivity index (χ2n) is 7.81. The number of aromatic nitrogens is 2. The Hall–Kier alpha value is -4.29. The maximum atomic E-state index is 12.5. The lowest BCUT2D eigenvalue weighted by molar-refractivity contribution is 0.0955. The van der Waals surface area contributed by atoms with Crippen LogP contribution >= 0.6 is 15.9 Å². The Morgan fingerprint density at radius 3 is 2.11 bits per heavy atom. The van der Waals surface area contributed by atoms with Gasteiger partial charge in [0, 0.05) is 33.7 Å². The first-order valence-corrected chi connectivity index (χ1v) is 11.9. The highest BCUT2D eigenvalue weighted by Crippen LogP contribution is 2.35. The van der Waals surface area contributed by atoms with Gasteiger partial charge in [0.2, 0.25) is 0 Å². The van der Waals surface area contributed by atoms with Gasteiger partial charge in [0.1, 0.15) is 0 Å². The Morgan fingerprint density at radius 2 is 1.46 bits per heavy atom. The molecule has 1 N–H and O–H groups in total. The maximum Gasteiger partial charge on any atom is 0.271 e. The van der Waals surface area contributed by atoms with E-state index in [1.807, 2.05) is 48.5 Å². The van der Waals surface area contributed by atoms with Gasteiger partial charge in [0.25, 0.3) is 5.91 Å². The average molecular weight is 521 g/mol. The van der Waals surface area contributed by atoms with Crippen molar-refractivity contribution in [2.75, 3.05) is 0 Å². The number of carbonyl (C=O) groups excluding carboxylic acids is 1. The van der Waals surface area contributed by atoms with Crippen molar-refractivity contribution >= 4 is 28.1 Å². The van der Waals surface area contributed by atoms with Crippen LogP contribution in [0.1, 0.15) is 15.9 Å². The normalized spacial score (nSPS) is 11.0. The zero-order valence-corrected chi connectivity index (χ0v) is 20.3. The summed E-state index contributed by atoms with van der Waals surface area (Å²) < 4.78 is 3.24. The standard InChI is InChI=1S/C29H21BrN4O/c30-25-11-13-26(14-12-25)34-27(21-7-3-1-4-8-21)19-24(28(34)22-9-5-2-6-10-22)20-32-33-29(35)23-15-17-31-18-16-23/h1-20H,(H,33,35)/b32-20+. The van der Waals surface area contributed by atoms with Crippen LogP contribution in [0.5, 0.6) is 0 Å². The van der Waals surface area contributed by atoms with E-state index >= 15 is 0 Å². The molecular formula is C29H21BrN4O. The van der Waals surface area contributed by atoms with Crippen LogP contribution in [-0.2, 0) is 0 Å². The van der Waals surface area contributed by atoms with Gasteiger partial charge < -0.3 is 4.57 Å². The van der Waals surface area contributed by atoms with Crippen molar-refractivity contribution < 1.29 is 4.79 Å². The molecular weight excluding hydrogens is 500 g/mol. The first-order valence-electron chi connectivity index (χ1n) is 11.1. The Bertz CT molecular complexity index is 1460. The van der Waals surface area contributed by atoms with Gasteiger partial charge in [0.05, 0.1) is 17.6 Å². The van der Waals surface area contributed by atoms with E-state index < -0.39 is 0 Å². The van der Waals surface area contributed by atoms with Crippen LogP contribution in [0.4, 0.5) is 0 Å².